The molecule has 1 heterocycles. The third-order valence-corrected chi connectivity index (χ3v) is 5.52. The number of nitrogens with zero attached hydrogens (tertiary/aromatic N) is 1. The van der Waals surface area contributed by atoms with Crippen LogP contribution in [0.4, 0.5) is 16.2 Å². The minimum Gasteiger partial charge on any atom is -0.335 e. The van der Waals surface area contributed by atoms with Gasteiger partial charge in [-0.2, -0.15) is 0 Å². The van der Waals surface area contributed by atoms with Crippen molar-refractivity contribution in [3.05, 3.63) is 84.9 Å². The number of hydrogen-bond acceptors (Lipinski definition) is 2. The number of aromatic nitrogens is 1. The van der Waals surface area contributed by atoms with Crippen molar-refractivity contribution in [3.8, 4) is 11.3 Å². The van der Waals surface area contributed by atoms with Crippen LogP contribution in [0.1, 0.15) is 12.8 Å². The highest BCUT2D eigenvalue weighted by Gasteiger charge is 2.23. The van der Waals surface area contributed by atoms with Gasteiger partial charge < -0.3 is 20.5 Å². The van der Waals surface area contributed by atoms with E-state index in [0.717, 1.165) is 35.0 Å². The number of rotatable bonds is 6. The molecule has 0 aliphatic heterocycles. The summed E-state index contributed by atoms with van der Waals surface area (Å²) in [6.45, 7) is 0.196. The van der Waals surface area contributed by atoms with E-state index in [-0.39, 0.29) is 18.5 Å². The molecule has 1 aliphatic carbocycles. The molecular weight excluding hydrogens is 400 g/mol. The van der Waals surface area contributed by atoms with Gasteiger partial charge in [0, 0.05) is 34.0 Å². The summed E-state index contributed by atoms with van der Waals surface area (Å²) in [4.78, 5) is 24.8. The summed E-state index contributed by atoms with van der Waals surface area (Å²) < 4.78 is 2.04. The van der Waals surface area contributed by atoms with Crippen LogP contribution in [0.5, 0.6) is 0 Å². The van der Waals surface area contributed by atoms with Crippen LogP contribution in [-0.4, -0.2) is 22.5 Å². The molecule has 0 unspecified atom stereocenters. The summed E-state index contributed by atoms with van der Waals surface area (Å²) in [5, 5.41) is 9.75. The molecule has 3 N–H and O–H groups in total. The van der Waals surface area contributed by atoms with Crippen LogP contribution in [0.25, 0.3) is 22.2 Å². The van der Waals surface area contributed by atoms with Crippen LogP contribution in [0.15, 0.2) is 84.9 Å². The smallest absolute Gasteiger partial charge is 0.319 e. The van der Waals surface area contributed by atoms with Crippen molar-refractivity contribution in [2.45, 2.75) is 25.4 Å². The van der Waals surface area contributed by atoms with Crippen LogP contribution >= 0.6 is 0 Å². The Labute approximate surface area is 186 Å². The van der Waals surface area contributed by atoms with Gasteiger partial charge >= 0.3 is 6.03 Å². The Bertz CT molecular complexity index is 1260. The zero-order valence-electron chi connectivity index (χ0n) is 17.5. The van der Waals surface area contributed by atoms with Crippen LogP contribution in [0.3, 0.4) is 0 Å². The van der Waals surface area contributed by atoms with Crippen molar-refractivity contribution < 1.29 is 9.59 Å². The Morgan fingerprint density at radius 3 is 2.19 bits per heavy atom. The lowest BCUT2D eigenvalue weighted by Gasteiger charge is -2.12. The van der Waals surface area contributed by atoms with E-state index in [1.54, 1.807) is 24.3 Å². The molecule has 0 saturated heterocycles. The molecule has 1 saturated carbocycles. The quantitative estimate of drug-likeness (QED) is 0.396. The first-order valence-electron chi connectivity index (χ1n) is 10.8. The normalized spacial score (nSPS) is 13.0. The number of amides is 3. The predicted octanol–water partition coefficient (Wildman–Crippen LogP) is 5.23. The molecule has 0 radical (unpaired) electrons. The Kier molecular flexibility index (Phi) is 5.34. The van der Waals surface area contributed by atoms with E-state index in [1.807, 2.05) is 53.1 Å². The van der Waals surface area contributed by atoms with Crippen molar-refractivity contribution in [2.75, 3.05) is 10.6 Å². The molecule has 0 bridgehead atoms. The van der Waals surface area contributed by atoms with Gasteiger partial charge in [-0.25, -0.2) is 4.79 Å². The van der Waals surface area contributed by atoms with Gasteiger partial charge in [-0.3, -0.25) is 4.79 Å². The molecule has 1 aromatic heterocycles. The Morgan fingerprint density at radius 1 is 0.812 bits per heavy atom. The van der Waals surface area contributed by atoms with Crippen LogP contribution in [0, 0.1) is 0 Å². The predicted molar refractivity (Wildman–Crippen MR) is 128 cm³/mol. The molecule has 1 fully saturated rings. The van der Waals surface area contributed by atoms with Gasteiger partial charge in [0.25, 0.3) is 0 Å². The van der Waals surface area contributed by atoms with Crippen molar-refractivity contribution in [1.29, 1.82) is 0 Å². The van der Waals surface area contributed by atoms with Gasteiger partial charge in [-0.15, -0.1) is 0 Å². The molecule has 0 atom stereocenters. The van der Waals surface area contributed by atoms with E-state index in [9.17, 15) is 9.59 Å². The number of hydrogen-bond donors (Lipinski definition) is 3. The van der Waals surface area contributed by atoms with Gasteiger partial charge in [0.2, 0.25) is 5.91 Å². The summed E-state index contributed by atoms with van der Waals surface area (Å²) in [6, 6.07) is 27.5. The number of para-hydroxylation sites is 1. The SMILES string of the molecule is O=C(Cn1c(-c2ccccc2)cc2ccccc21)Nc1ccc(NC(=O)NC2CC2)cc1. The summed E-state index contributed by atoms with van der Waals surface area (Å²) in [6.07, 6.45) is 2.09. The summed E-state index contributed by atoms with van der Waals surface area (Å²) in [5.41, 5.74) is 4.45. The lowest BCUT2D eigenvalue weighted by Crippen LogP contribution is -2.30. The van der Waals surface area contributed by atoms with Crippen molar-refractivity contribution in [1.82, 2.24) is 9.88 Å². The van der Waals surface area contributed by atoms with E-state index < -0.39 is 0 Å². The number of nitrogens with one attached hydrogen (secondary N) is 3. The summed E-state index contributed by atoms with van der Waals surface area (Å²) in [5.74, 6) is -0.115. The van der Waals surface area contributed by atoms with Gasteiger partial charge in [-0.1, -0.05) is 48.5 Å². The molecule has 3 aromatic carbocycles. The lowest BCUT2D eigenvalue weighted by molar-refractivity contribution is -0.116. The minimum atomic E-state index is -0.197. The minimum absolute atomic E-state index is 0.115. The van der Waals surface area contributed by atoms with E-state index >= 15 is 0 Å². The topological polar surface area (TPSA) is 75.2 Å². The van der Waals surface area contributed by atoms with E-state index in [4.69, 9.17) is 0 Å². The number of benzene rings is 3. The summed E-state index contributed by atoms with van der Waals surface area (Å²) in [7, 11) is 0. The summed E-state index contributed by atoms with van der Waals surface area (Å²) >= 11 is 0. The molecule has 160 valence electrons. The molecule has 1 aliphatic rings. The molecule has 6 heteroatoms. The fraction of sp³-hybridized carbons (Fsp3) is 0.154. The molecule has 4 aromatic rings. The van der Waals surface area contributed by atoms with Crippen LogP contribution in [-0.2, 0) is 11.3 Å². The van der Waals surface area contributed by atoms with Crippen LogP contribution in [0.2, 0.25) is 0 Å². The number of carbonyl (C=O) groups excluding carboxylic acids is 2. The molecule has 5 rings (SSSR count). The van der Waals surface area contributed by atoms with Crippen molar-refractivity contribution >= 4 is 34.2 Å². The molecule has 3 amide bonds. The molecule has 0 spiro atoms. The molecular formula is C26H24N4O2. The first-order chi connectivity index (χ1) is 15.7. The Hall–Kier alpha value is -4.06. The second-order valence-electron chi connectivity index (χ2n) is 8.04. The molecule has 32 heavy (non-hydrogen) atoms. The number of urea groups is 1. The maximum absolute atomic E-state index is 12.9. The van der Waals surface area contributed by atoms with E-state index in [0.29, 0.717) is 17.4 Å². The van der Waals surface area contributed by atoms with Gasteiger partial charge in [-0.05, 0) is 54.8 Å². The maximum atomic E-state index is 12.9. The Morgan fingerprint density at radius 2 is 1.47 bits per heavy atom. The first-order valence-corrected chi connectivity index (χ1v) is 10.8. The second-order valence-corrected chi connectivity index (χ2v) is 8.04. The highest BCUT2D eigenvalue weighted by molar-refractivity contribution is 5.95. The third-order valence-electron chi connectivity index (χ3n) is 5.52. The highest BCUT2D eigenvalue weighted by Crippen LogP contribution is 2.28. The lowest BCUT2D eigenvalue weighted by atomic mass is 10.1. The fourth-order valence-electron chi connectivity index (χ4n) is 3.79. The Balaban J connectivity index is 1.30. The number of fused-ring (bicyclic) bond motifs is 1. The number of carbonyl (C=O) groups is 2. The van der Waals surface area contributed by atoms with E-state index in [1.165, 1.54) is 0 Å². The third kappa shape index (κ3) is 4.49. The van der Waals surface area contributed by atoms with Gasteiger partial charge in [0.05, 0.1) is 0 Å². The van der Waals surface area contributed by atoms with E-state index in [2.05, 4.69) is 28.1 Å². The first kappa shape index (κ1) is 19.9. The second kappa shape index (κ2) is 8.59. The zero-order valence-corrected chi connectivity index (χ0v) is 17.5. The average Bonchev–Trinajstić information content (AvgIpc) is 3.55. The monoisotopic (exact) mass is 424 g/mol. The van der Waals surface area contributed by atoms with Gasteiger partial charge in [0.1, 0.15) is 6.54 Å². The zero-order chi connectivity index (χ0) is 21.9. The van der Waals surface area contributed by atoms with Gasteiger partial charge in [0.15, 0.2) is 0 Å². The number of anilines is 2. The van der Waals surface area contributed by atoms with Crippen LogP contribution < -0.4 is 16.0 Å². The van der Waals surface area contributed by atoms with Crippen molar-refractivity contribution in [3.63, 3.8) is 0 Å². The molecule has 6 nitrogen and oxygen atoms in total. The average molecular weight is 425 g/mol. The largest absolute Gasteiger partial charge is 0.335 e. The standard InChI is InChI=1S/C26H24N4O2/c31-25(27-20-10-12-21(13-11-20)28-26(32)29-22-14-15-22)17-30-23-9-5-4-8-19(23)16-24(30)18-6-2-1-3-7-18/h1-13,16,22H,14-15,17H2,(H,27,31)(H2,28,29,32). The maximum Gasteiger partial charge on any atom is 0.319 e. The van der Waals surface area contributed by atoms with Crippen molar-refractivity contribution in [2.24, 2.45) is 0 Å². The fourth-order valence-corrected chi connectivity index (χ4v) is 3.79. The highest BCUT2D eigenvalue weighted by atomic mass is 16.2.